The van der Waals surface area contributed by atoms with E-state index in [0.29, 0.717) is 12.8 Å². The van der Waals surface area contributed by atoms with Crippen LogP contribution in [0.4, 0.5) is 0 Å². The summed E-state index contributed by atoms with van der Waals surface area (Å²) in [5.41, 5.74) is 1.76. The van der Waals surface area contributed by atoms with Gasteiger partial charge in [-0.2, -0.15) is 0 Å². The molecule has 0 amide bonds. The number of hydrogen-bond acceptors (Lipinski definition) is 2. The standard InChI is InChI=1S/C19H22O2/c1-18(2)13-19(21,12-14-8-4-3-5-9-14)17(20)15-10-6-7-11-16(15)18/h3-11,17,20-21H,12-13H2,1-2H3. The van der Waals surface area contributed by atoms with Crippen LogP contribution in [0.25, 0.3) is 0 Å². The molecule has 0 aliphatic heterocycles. The van der Waals surface area contributed by atoms with Gasteiger partial charge < -0.3 is 10.2 Å². The Morgan fingerprint density at radius 2 is 1.62 bits per heavy atom. The van der Waals surface area contributed by atoms with Crippen LogP contribution in [0.15, 0.2) is 54.6 Å². The van der Waals surface area contributed by atoms with Crippen molar-refractivity contribution in [2.45, 2.75) is 43.8 Å². The first-order valence-corrected chi connectivity index (χ1v) is 7.46. The predicted octanol–water partition coefficient (Wildman–Crippen LogP) is 3.38. The summed E-state index contributed by atoms with van der Waals surface area (Å²) in [5, 5.41) is 21.8. The fourth-order valence-corrected chi connectivity index (χ4v) is 3.71. The fourth-order valence-electron chi connectivity index (χ4n) is 3.71. The first kappa shape index (κ1) is 14.3. The number of aliphatic hydroxyl groups is 2. The maximum absolute atomic E-state index is 11.1. The molecule has 21 heavy (non-hydrogen) atoms. The Morgan fingerprint density at radius 1 is 1.00 bits per heavy atom. The molecule has 2 N–H and O–H groups in total. The van der Waals surface area contributed by atoms with Gasteiger partial charge in [0.1, 0.15) is 6.10 Å². The molecule has 0 aromatic heterocycles. The Hall–Kier alpha value is -1.64. The van der Waals surface area contributed by atoms with Crippen molar-refractivity contribution in [3.8, 4) is 0 Å². The summed E-state index contributed by atoms with van der Waals surface area (Å²) in [6.07, 6.45) is 0.168. The van der Waals surface area contributed by atoms with Gasteiger partial charge in [0.25, 0.3) is 0 Å². The molecule has 110 valence electrons. The van der Waals surface area contributed by atoms with Crippen LogP contribution in [0.3, 0.4) is 0 Å². The molecule has 1 aliphatic rings. The Bertz CT molecular complexity index is 633. The molecular formula is C19H22O2. The van der Waals surface area contributed by atoms with Gasteiger partial charge in [-0.3, -0.25) is 0 Å². The molecule has 0 spiro atoms. The largest absolute Gasteiger partial charge is 0.386 e. The first-order valence-electron chi connectivity index (χ1n) is 7.46. The van der Waals surface area contributed by atoms with Crippen LogP contribution in [0.5, 0.6) is 0 Å². The summed E-state index contributed by atoms with van der Waals surface area (Å²) in [7, 11) is 0. The Morgan fingerprint density at radius 3 is 2.33 bits per heavy atom. The van der Waals surface area contributed by atoms with Crippen molar-refractivity contribution in [3.63, 3.8) is 0 Å². The van der Waals surface area contributed by atoms with Gasteiger partial charge in [-0.25, -0.2) is 0 Å². The summed E-state index contributed by atoms with van der Waals surface area (Å²) in [6, 6.07) is 17.8. The maximum atomic E-state index is 11.1. The second-order valence-corrected chi connectivity index (χ2v) is 6.82. The van der Waals surface area contributed by atoms with E-state index in [1.807, 2.05) is 48.5 Å². The smallest absolute Gasteiger partial charge is 0.108 e. The molecule has 0 heterocycles. The van der Waals surface area contributed by atoms with Crippen molar-refractivity contribution >= 4 is 0 Å². The van der Waals surface area contributed by atoms with E-state index in [1.165, 1.54) is 0 Å². The Balaban J connectivity index is 2.01. The topological polar surface area (TPSA) is 40.5 Å². The fraction of sp³-hybridized carbons (Fsp3) is 0.368. The predicted molar refractivity (Wildman–Crippen MR) is 84.1 cm³/mol. The second-order valence-electron chi connectivity index (χ2n) is 6.82. The zero-order valence-electron chi connectivity index (χ0n) is 12.6. The van der Waals surface area contributed by atoms with Crippen LogP contribution in [0.1, 0.15) is 43.1 Å². The van der Waals surface area contributed by atoms with Gasteiger partial charge in [-0.15, -0.1) is 0 Å². The molecule has 0 saturated carbocycles. The highest BCUT2D eigenvalue weighted by molar-refractivity contribution is 5.40. The lowest BCUT2D eigenvalue weighted by atomic mass is 9.63. The molecule has 1 aliphatic carbocycles. The van der Waals surface area contributed by atoms with Gasteiger partial charge in [0.05, 0.1) is 5.60 Å². The van der Waals surface area contributed by atoms with Gasteiger partial charge in [-0.1, -0.05) is 68.4 Å². The number of rotatable bonds is 2. The Labute approximate surface area is 126 Å². The average Bonchev–Trinajstić information content (AvgIpc) is 2.46. The highest BCUT2D eigenvalue weighted by Crippen LogP contribution is 2.48. The molecule has 2 heteroatoms. The molecule has 0 saturated heterocycles. The first-order chi connectivity index (χ1) is 9.92. The van der Waals surface area contributed by atoms with Crippen LogP contribution >= 0.6 is 0 Å². The van der Waals surface area contributed by atoms with E-state index in [0.717, 1.165) is 16.7 Å². The molecule has 2 aromatic rings. The van der Waals surface area contributed by atoms with Crippen molar-refractivity contribution in [2.75, 3.05) is 0 Å². The van der Waals surface area contributed by atoms with Crippen LogP contribution in [-0.2, 0) is 11.8 Å². The molecule has 0 radical (unpaired) electrons. The number of hydrogen-bond donors (Lipinski definition) is 2. The van der Waals surface area contributed by atoms with Crippen molar-refractivity contribution in [3.05, 3.63) is 71.3 Å². The van der Waals surface area contributed by atoms with Gasteiger partial charge in [0.2, 0.25) is 0 Å². The molecule has 2 atom stereocenters. The van der Waals surface area contributed by atoms with E-state index < -0.39 is 11.7 Å². The summed E-state index contributed by atoms with van der Waals surface area (Å²) in [5.74, 6) is 0. The van der Waals surface area contributed by atoms with Crippen molar-refractivity contribution in [2.24, 2.45) is 0 Å². The van der Waals surface area contributed by atoms with Crippen LogP contribution in [0.2, 0.25) is 0 Å². The van der Waals surface area contributed by atoms with Crippen LogP contribution < -0.4 is 0 Å². The van der Waals surface area contributed by atoms with Gasteiger partial charge >= 0.3 is 0 Å². The highest BCUT2D eigenvalue weighted by atomic mass is 16.3. The van der Waals surface area contributed by atoms with E-state index >= 15 is 0 Å². The minimum absolute atomic E-state index is 0.153. The van der Waals surface area contributed by atoms with Gasteiger partial charge in [-0.05, 0) is 28.5 Å². The normalized spacial score (nSPS) is 27.1. The second kappa shape index (κ2) is 4.97. The molecular weight excluding hydrogens is 260 g/mol. The maximum Gasteiger partial charge on any atom is 0.108 e. The lowest BCUT2D eigenvalue weighted by Crippen LogP contribution is -2.48. The third-order valence-electron chi connectivity index (χ3n) is 4.59. The Kier molecular flexibility index (Phi) is 3.39. The molecule has 2 aromatic carbocycles. The number of benzene rings is 2. The minimum atomic E-state index is -1.13. The molecule has 0 fully saturated rings. The summed E-state index contributed by atoms with van der Waals surface area (Å²) in [4.78, 5) is 0. The van der Waals surface area contributed by atoms with E-state index in [2.05, 4.69) is 19.9 Å². The third kappa shape index (κ3) is 2.50. The van der Waals surface area contributed by atoms with Crippen LogP contribution in [0, 0.1) is 0 Å². The zero-order chi connectivity index (χ0) is 15.1. The average molecular weight is 282 g/mol. The van der Waals surface area contributed by atoms with Crippen molar-refractivity contribution < 1.29 is 10.2 Å². The molecule has 3 rings (SSSR count). The quantitative estimate of drug-likeness (QED) is 0.886. The van der Waals surface area contributed by atoms with E-state index in [-0.39, 0.29) is 5.41 Å². The highest BCUT2D eigenvalue weighted by Gasteiger charge is 2.47. The third-order valence-corrected chi connectivity index (χ3v) is 4.59. The minimum Gasteiger partial charge on any atom is -0.386 e. The van der Waals surface area contributed by atoms with E-state index in [4.69, 9.17) is 0 Å². The summed E-state index contributed by atoms with van der Waals surface area (Å²) in [6.45, 7) is 4.27. The number of aliphatic hydroxyl groups excluding tert-OH is 1. The van der Waals surface area contributed by atoms with Gasteiger partial charge in [0.15, 0.2) is 0 Å². The van der Waals surface area contributed by atoms with Crippen molar-refractivity contribution in [1.82, 2.24) is 0 Å². The van der Waals surface area contributed by atoms with E-state index in [9.17, 15) is 10.2 Å². The zero-order valence-corrected chi connectivity index (χ0v) is 12.6. The van der Waals surface area contributed by atoms with Crippen molar-refractivity contribution in [1.29, 1.82) is 0 Å². The monoisotopic (exact) mass is 282 g/mol. The lowest BCUT2D eigenvalue weighted by Gasteiger charge is -2.46. The molecule has 0 bridgehead atoms. The summed E-state index contributed by atoms with van der Waals surface area (Å²) < 4.78 is 0. The number of fused-ring (bicyclic) bond motifs is 1. The summed E-state index contributed by atoms with van der Waals surface area (Å²) >= 11 is 0. The molecule has 2 unspecified atom stereocenters. The molecule has 2 nitrogen and oxygen atoms in total. The van der Waals surface area contributed by atoms with Crippen LogP contribution in [-0.4, -0.2) is 15.8 Å². The van der Waals surface area contributed by atoms with Gasteiger partial charge in [0, 0.05) is 6.42 Å². The lowest BCUT2D eigenvalue weighted by molar-refractivity contribution is -0.102. The SMILES string of the molecule is CC1(C)CC(O)(Cc2ccccc2)C(O)c2ccccc21. The van der Waals surface area contributed by atoms with E-state index in [1.54, 1.807) is 0 Å².